The van der Waals surface area contributed by atoms with E-state index in [1.54, 1.807) is 0 Å². The average molecular weight is 170 g/mol. The van der Waals surface area contributed by atoms with E-state index in [0.717, 1.165) is 24.4 Å². The molecule has 1 fully saturated rings. The van der Waals surface area contributed by atoms with Gasteiger partial charge in [0, 0.05) is 0 Å². The number of ether oxygens (including phenoxy) is 1. The van der Waals surface area contributed by atoms with Crippen LogP contribution in [0.1, 0.15) is 40.5 Å². The van der Waals surface area contributed by atoms with Crippen LogP contribution in [-0.2, 0) is 4.74 Å². The van der Waals surface area contributed by atoms with Crippen molar-refractivity contribution in [3.63, 3.8) is 0 Å². The minimum absolute atomic E-state index is 0.408. The molecule has 0 aliphatic heterocycles. The fourth-order valence-electron chi connectivity index (χ4n) is 1.72. The molecule has 1 aliphatic rings. The summed E-state index contributed by atoms with van der Waals surface area (Å²) in [7, 11) is 0. The third kappa shape index (κ3) is 3.57. The first-order valence-corrected chi connectivity index (χ1v) is 5.21. The van der Waals surface area contributed by atoms with Crippen molar-refractivity contribution in [2.75, 3.05) is 6.61 Å². The summed E-state index contributed by atoms with van der Waals surface area (Å²) in [5.74, 6) is 2.72. The molecular formula is C11H22O. The molecule has 0 aromatic carbocycles. The van der Waals surface area contributed by atoms with Crippen LogP contribution in [0.3, 0.4) is 0 Å². The van der Waals surface area contributed by atoms with Crippen LogP contribution in [0, 0.1) is 17.8 Å². The van der Waals surface area contributed by atoms with Crippen molar-refractivity contribution in [3.8, 4) is 0 Å². The highest BCUT2D eigenvalue weighted by Gasteiger charge is 2.37. The Balaban J connectivity index is 2.00. The van der Waals surface area contributed by atoms with Crippen molar-refractivity contribution in [1.82, 2.24) is 0 Å². The van der Waals surface area contributed by atoms with E-state index in [0.29, 0.717) is 6.10 Å². The molecule has 0 spiro atoms. The second kappa shape index (κ2) is 4.27. The van der Waals surface area contributed by atoms with Crippen molar-refractivity contribution in [2.24, 2.45) is 17.8 Å². The lowest BCUT2D eigenvalue weighted by molar-refractivity contribution is 0.0674. The van der Waals surface area contributed by atoms with Crippen molar-refractivity contribution >= 4 is 0 Å². The maximum absolute atomic E-state index is 5.58. The normalized spacial score (nSPS) is 28.5. The maximum atomic E-state index is 5.58. The first-order chi connectivity index (χ1) is 5.59. The molecule has 0 N–H and O–H groups in total. The third-order valence-corrected chi connectivity index (χ3v) is 2.49. The third-order valence-electron chi connectivity index (χ3n) is 2.49. The van der Waals surface area contributed by atoms with Crippen LogP contribution in [0.25, 0.3) is 0 Å². The molecule has 1 heteroatoms. The molecule has 0 saturated heterocycles. The first kappa shape index (κ1) is 10.0. The van der Waals surface area contributed by atoms with Crippen molar-refractivity contribution in [1.29, 1.82) is 0 Å². The van der Waals surface area contributed by atoms with Gasteiger partial charge in [-0.05, 0) is 44.4 Å². The van der Waals surface area contributed by atoms with Crippen LogP contribution in [0.15, 0.2) is 0 Å². The van der Waals surface area contributed by atoms with E-state index in [-0.39, 0.29) is 0 Å². The highest BCUT2D eigenvalue weighted by atomic mass is 16.5. The summed E-state index contributed by atoms with van der Waals surface area (Å²) >= 11 is 0. The van der Waals surface area contributed by atoms with Crippen molar-refractivity contribution in [2.45, 2.75) is 46.6 Å². The summed E-state index contributed by atoms with van der Waals surface area (Å²) in [5.41, 5.74) is 0. The zero-order chi connectivity index (χ0) is 9.14. The monoisotopic (exact) mass is 170 g/mol. The summed E-state index contributed by atoms with van der Waals surface area (Å²) in [4.78, 5) is 0. The Morgan fingerprint density at radius 1 is 1.17 bits per heavy atom. The van der Waals surface area contributed by atoms with Gasteiger partial charge in [0.1, 0.15) is 0 Å². The van der Waals surface area contributed by atoms with Crippen LogP contribution < -0.4 is 0 Å². The molecule has 72 valence electrons. The molecular weight excluding hydrogens is 148 g/mol. The molecule has 1 rings (SSSR count). The number of rotatable bonds is 5. The molecule has 0 aromatic rings. The topological polar surface area (TPSA) is 9.23 Å². The average Bonchev–Trinajstić information content (AvgIpc) is 2.62. The molecule has 2 unspecified atom stereocenters. The Kier molecular flexibility index (Phi) is 3.57. The van der Waals surface area contributed by atoms with Crippen molar-refractivity contribution in [3.05, 3.63) is 0 Å². The van der Waals surface area contributed by atoms with E-state index in [4.69, 9.17) is 4.74 Å². The molecule has 0 heterocycles. The van der Waals surface area contributed by atoms with Gasteiger partial charge in [-0.25, -0.2) is 0 Å². The van der Waals surface area contributed by atoms with Gasteiger partial charge in [0.2, 0.25) is 0 Å². The highest BCUT2D eigenvalue weighted by molar-refractivity contribution is 4.86. The zero-order valence-corrected chi connectivity index (χ0v) is 8.84. The SMILES string of the molecule is CC(C)CC1CC1COC(C)C. The van der Waals surface area contributed by atoms with Crippen LogP contribution in [-0.4, -0.2) is 12.7 Å². The fourth-order valence-corrected chi connectivity index (χ4v) is 1.72. The van der Waals surface area contributed by atoms with E-state index >= 15 is 0 Å². The van der Waals surface area contributed by atoms with E-state index < -0.39 is 0 Å². The van der Waals surface area contributed by atoms with Gasteiger partial charge in [0.15, 0.2) is 0 Å². The van der Waals surface area contributed by atoms with E-state index in [1.165, 1.54) is 12.8 Å². The van der Waals surface area contributed by atoms with E-state index in [9.17, 15) is 0 Å². The molecule has 1 aliphatic carbocycles. The lowest BCUT2D eigenvalue weighted by Gasteiger charge is -2.07. The fraction of sp³-hybridized carbons (Fsp3) is 1.00. The summed E-state index contributed by atoms with van der Waals surface area (Å²) in [6.07, 6.45) is 3.21. The van der Waals surface area contributed by atoms with E-state index in [1.807, 2.05) is 0 Å². The molecule has 12 heavy (non-hydrogen) atoms. The Labute approximate surface area is 76.5 Å². The quantitative estimate of drug-likeness (QED) is 0.616. The summed E-state index contributed by atoms with van der Waals surface area (Å²) in [5, 5.41) is 0. The minimum atomic E-state index is 0.408. The molecule has 2 atom stereocenters. The molecule has 1 nitrogen and oxygen atoms in total. The van der Waals surface area contributed by atoms with Crippen LogP contribution in [0.2, 0.25) is 0 Å². The Bertz CT molecular complexity index is 129. The summed E-state index contributed by atoms with van der Waals surface area (Å²) in [6.45, 7) is 9.83. The largest absolute Gasteiger partial charge is 0.378 e. The zero-order valence-electron chi connectivity index (χ0n) is 8.84. The molecule has 0 amide bonds. The first-order valence-electron chi connectivity index (χ1n) is 5.21. The lowest BCUT2D eigenvalue weighted by Crippen LogP contribution is -2.06. The Hall–Kier alpha value is -0.0400. The predicted molar refractivity (Wildman–Crippen MR) is 52.1 cm³/mol. The van der Waals surface area contributed by atoms with Crippen LogP contribution >= 0.6 is 0 Å². The van der Waals surface area contributed by atoms with Gasteiger partial charge < -0.3 is 4.74 Å². The van der Waals surface area contributed by atoms with Gasteiger partial charge >= 0.3 is 0 Å². The molecule has 0 radical (unpaired) electrons. The van der Waals surface area contributed by atoms with Gasteiger partial charge in [0.25, 0.3) is 0 Å². The van der Waals surface area contributed by atoms with Gasteiger partial charge in [-0.2, -0.15) is 0 Å². The second-order valence-corrected chi connectivity index (χ2v) is 4.77. The van der Waals surface area contributed by atoms with Gasteiger partial charge in [0.05, 0.1) is 12.7 Å². The van der Waals surface area contributed by atoms with Crippen molar-refractivity contribution < 1.29 is 4.74 Å². The smallest absolute Gasteiger partial charge is 0.0519 e. The Morgan fingerprint density at radius 2 is 1.83 bits per heavy atom. The lowest BCUT2D eigenvalue weighted by atomic mass is 10.1. The molecule has 0 bridgehead atoms. The summed E-state index contributed by atoms with van der Waals surface area (Å²) in [6, 6.07) is 0. The predicted octanol–water partition coefficient (Wildman–Crippen LogP) is 3.09. The number of hydrogen-bond acceptors (Lipinski definition) is 1. The summed E-state index contributed by atoms with van der Waals surface area (Å²) < 4.78 is 5.58. The molecule has 1 saturated carbocycles. The Morgan fingerprint density at radius 3 is 2.33 bits per heavy atom. The standard InChI is InChI=1S/C11H22O/c1-8(2)5-10-6-11(10)7-12-9(3)4/h8-11H,5-7H2,1-4H3. The highest BCUT2D eigenvalue weighted by Crippen LogP contribution is 2.43. The minimum Gasteiger partial charge on any atom is -0.378 e. The van der Waals surface area contributed by atoms with Crippen LogP contribution in [0.5, 0.6) is 0 Å². The van der Waals surface area contributed by atoms with Gasteiger partial charge in [-0.3, -0.25) is 0 Å². The number of hydrogen-bond donors (Lipinski definition) is 0. The second-order valence-electron chi connectivity index (χ2n) is 4.77. The van der Waals surface area contributed by atoms with E-state index in [2.05, 4.69) is 27.7 Å². The molecule has 0 aromatic heterocycles. The van der Waals surface area contributed by atoms with Gasteiger partial charge in [-0.15, -0.1) is 0 Å². The van der Waals surface area contributed by atoms with Gasteiger partial charge in [-0.1, -0.05) is 13.8 Å². The van der Waals surface area contributed by atoms with Crippen LogP contribution in [0.4, 0.5) is 0 Å². The maximum Gasteiger partial charge on any atom is 0.0519 e.